The Morgan fingerprint density at radius 1 is 1.69 bits per heavy atom. The molecule has 4 nitrogen and oxygen atoms in total. The van der Waals surface area contributed by atoms with E-state index in [0.29, 0.717) is 13.0 Å². The number of ether oxygens (including phenoxy) is 1. The van der Waals surface area contributed by atoms with Crippen molar-refractivity contribution in [2.75, 3.05) is 13.3 Å². The highest BCUT2D eigenvalue weighted by molar-refractivity contribution is 5.64. The molecule has 0 aromatic carbocycles. The fourth-order valence-corrected chi connectivity index (χ4v) is 1.50. The molecule has 0 spiro atoms. The van der Waals surface area contributed by atoms with Crippen LogP contribution in [0.2, 0.25) is 0 Å². The van der Waals surface area contributed by atoms with E-state index in [1.807, 2.05) is 0 Å². The van der Waals surface area contributed by atoms with E-state index in [1.54, 1.807) is 0 Å². The molecule has 0 aromatic heterocycles. The summed E-state index contributed by atoms with van der Waals surface area (Å²) in [5, 5.41) is 10.8. The summed E-state index contributed by atoms with van der Waals surface area (Å²) >= 11 is 0. The highest BCUT2D eigenvalue weighted by Gasteiger charge is 2.21. The van der Waals surface area contributed by atoms with Crippen LogP contribution in [0.3, 0.4) is 0 Å². The minimum absolute atomic E-state index is 0.166. The molecule has 1 amide bonds. The van der Waals surface area contributed by atoms with Gasteiger partial charge in [-0.15, -0.1) is 0 Å². The first-order valence-corrected chi connectivity index (χ1v) is 4.39. The van der Waals surface area contributed by atoms with E-state index in [1.165, 1.54) is 0 Å². The maximum atomic E-state index is 12.3. The third-order valence-electron chi connectivity index (χ3n) is 2.10. The molecule has 0 aliphatic carbocycles. The number of nitrogens with one attached hydrogen (secondary N) is 1. The molecule has 1 heterocycles. The number of halogens is 1. The zero-order valence-electron chi connectivity index (χ0n) is 7.33. The van der Waals surface area contributed by atoms with Crippen molar-refractivity contribution >= 4 is 6.09 Å². The third kappa shape index (κ3) is 3.59. The van der Waals surface area contributed by atoms with Crippen molar-refractivity contribution < 1.29 is 19.0 Å². The van der Waals surface area contributed by atoms with Gasteiger partial charge in [0.15, 0.2) is 0 Å². The fourth-order valence-electron chi connectivity index (χ4n) is 1.50. The average Bonchev–Trinajstić information content (AvgIpc) is 2.28. The van der Waals surface area contributed by atoms with Crippen molar-refractivity contribution in [2.24, 2.45) is 0 Å². The summed E-state index contributed by atoms with van der Waals surface area (Å²) in [6, 6.07) is -0.166. The van der Waals surface area contributed by atoms with Crippen molar-refractivity contribution in [3.8, 4) is 0 Å². The number of rotatable bonds is 2. The zero-order chi connectivity index (χ0) is 9.68. The molecule has 1 fully saturated rings. The summed E-state index contributed by atoms with van der Waals surface area (Å²) in [4.78, 5) is 10.3. The Balaban J connectivity index is 2.39. The van der Waals surface area contributed by atoms with Gasteiger partial charge in [-0.1, -0.05) is 0 Å². The maximum Gasteiger partial charge on any atom is 0.404 e. The normalized spacial score (nSPS) is 29.3. The molecule has 2 atom stereocenters. The highest BCUT2D eigenvalue weighted by atomic mass is 19.1. The fraction of sp³-hybridized carbons (Fsp3) is 0.875. The predicted molar refractivity (Wildman–Crippen MR) is 44.5 cm³/mol. The van der Waals surface area contributed by atoms with Crippen LogP contribution in [0.1, 0.15) is 19.3 Å². The Morgan fingerprint density at radius 2 is 2.46 bits per heavy atom. The number of hydrogen-bond acceptors (Lipinski definition) is 2. The van der Waals surface area contributed by atoms with Gasteiger partial charge >= 0.3 is 6.09 Å². The minimum atomic E-state index is -1.05. The molecule has 2 N–H and O–H groups in total. The van der Waals surface area contributed by atoms with Gasteiger partial charge in [0.1, 0.15) is 6.67 Å². The molecule has 1 rings (SSSR count). The first-order valence-electron chi connectivity index (χ1n) is 4.39. The lowest BCUT2D eigenvalue weighted by molar-refractivity contribution is 0.0385. The second kappa shape index (κ2) is 5.01. The molecular weight excluding hydrogens is 177 g/mol. The Morgan fingerprint density at radius 3 is 3.08 bits per heavy atom. The van der Waals surface area contributed by atoms with Crippen LogP contribution < -0.4 is 5.32 Å². The lowest BCUT2D eigenvalue weighted by Gasteiger charge is -2.16. The van der Waals surface area contributed by atoms with E-state index < -0.39 is 18.9 Å². The molecule has 5 heteroatoms. The van der Waals surface area contributed by atoms with Gasteiger partial charge in [0.25, 0.3) is 0 Å². The van der Waals surface area contributed by atoms with Crippen LogP contribution >= 0.6 is 0 Å². The largest absolute Gasteiger partial charge is 0.465 e. The molecule has 0 radical (unpaired) electrons. The van der Waals surface area contributed by atoms with Gasteiger partial charge in [0.05, 0.1) is 6.10 Å². The van der Waals surface area contributed by atoms with Gasteiger partial charge in [-0.3, -0.25) is 0 Å². The summed E-state index contributed by atoms with van der Waals surface area (Å²) in [6.45, 7) is -0.0236. The topological polar surface area (TPSA) is 58.6 Å². The van der Waals surface area contributed by atoms with Crippen LogP contribution in [-0.2, 0) is 4.74 Å². The molecule has 1 saturated heterocycles. The van der Waals surface area contributed by atoms with Gasteiger partial charge in [-0.05, 0) is 19.3 Å². The summed E-state index contributed by atoms with van der Waals surface area (Å²) in [5.74, 6) is 0. The summed E-state index contributed by atoms with van der Waals surface area (Å²) < 4.78 is 17.4. The zero-order valence-corrected chi connectivity index (χ0v) is 7.33. The van der Waals surface area contributed by atoms with Crippen LogP contribution in [-0.4, -0.2) is 36.6 Å². The van der Waals surface area contributed by atoms with E-state index >= 15 is 0 Å². The second-order valence-corrected chi connectivity index (χ2v) is 3.17. The molecule has 2 unspecified atom stereocenters. The summed E-state index contributed by atoms with van der Waals surface area (Å²) in [6.07, 6.45) is 0.441. The van der Waals surface area contributed by atoms with Crippen molar-refractivity contribution in [1.82, 2.24) is 5.32 Å². The van der Waals surface area contributed by atoms with Gasteiger partial charge < -0.3 is 15.2 Å². The van der Waals surface area contributed by atoms with Crippen LogP contribution in [0.4, 0.5) is 9.18 Å². The monoisotopic (exact) mass is 191 g/mol. The van der Waals surface area contributed by atoms with Crippen molar-refractivity contribution in [2.45, 2.75) is 31.4 Å². The molecule has 0 saturated carbocycles. The Kier molecular flexibility index (Phi) is 3.95. The molecule has 13 heavy (non-hydrogen) atoms. The number of hydrogen-bond donors (Lipinski definition) is 2. The molecule has 0 bridgehead atoms. The van der Waals surface area contributed by atoms with Crippen LogP contribution in [0, 0.1) is 0 Å². The number of alkyl halides is 1. The van der Waals surface area contributed by atoms with Gasteiger partial charge in [-0.25, -0.2) is 9.18 Å². The molecular formula is C8H14FNO3. The van der Waals surface area contributed by atoms with Crippen molar-refractivity contribution in [3.05, 3.63) is 0 Å². The number of amides is 1. The Labute approximate surface area is 76.1 Å². The maximum absolute atomic E-state index is 12.3. The van der Waals surface area contributed by atoms with Gasteiger partial charge in [0, 0.05) is 12.6 Å². The van der Waals surface area contributed by atoms with Crippen LogP contribution in [0.5, 0.6) is 0 Å². The Bertz CT molecular complexity index is 177. The first-order chi connectivity index (χ1) is 6.22. The molecule has 0 aromatic rings. The van der Waals surface area contributed by atoms with Crippen molar-refractivity contribution in [1.29, 1.82) is 0 Å². The number of carboxylic acid groups (broad SMARTS) is 1. The van der Waals surface area contributed by atoms with E-state index in [-0.39, 0.29) is 6.04 Å². The number of carbonyl (C=O) groups is 1. The molecule has 76 valence electrons. The van der Waals surface area contributed by atoms with E-state index in [4.69, 9.17) is 9.84 Å². The highest BCUT2D eigenvalue weighted by Crippen LogP contribution is 2.14. The summed E-state index contributed by atoms with van der Waals surface area (Å²) in [5.41, 5.74) is 0. The quantitative estimate of drug-likeness (QED) is 0.688. The van der Waals surface area contributed by atoms with Gasteiger partial charge in [-0.2, -0.15) is 0 Å². The Hall–Kier alpha value is -0.840. The van der Waals surface area contributed by atoms with E-state index in [0.717, 1.165) is 12.8 Å². The third-order valence-corrected chi connectivity index (χ3v) is 2.10. The SMILES string of the molecule is O=C(O)NC1CCCOC(CF)C1. The first kappa shape index (κ1) is 10.2. The second-order valence-electron chi connectivity index (χ2n) is 3.17. The minimum Gasteiger partial charge on any atom is -0.465 e. The van der Waals surface area contributed by atoms with Crippen LogP contribution in [0.25, 0.3) is 0 Å². The van der Waals surface area contributed by atoms with E-state index in [9.17, 15) is 9.18 Å². The van der Waals surface area contributed by atoms with Crippen molar-refractivity contribution in [3.63, 3.8) is 0 Å². The van der Waals surface area contributed by atoms with Gasteiger partial charge in [0.2, 0.25) is 0 Å². The lowest BCUT2D eigenvalue weighted by Crippen LogP contribution is -2.36. The molecule has 1 aliphatic heterocycles. The standard InChI is InChI=1S/C8H14FNO3/c9-5-7-4-6(10-8(11)12)2-1-3-13-7/h6-7,10H,1-5H2,(H,11,12). The van der Waals surface area contributed by atoms with E-state index in [2.05, 4.69) is 5.32 Å². The molecule has 1 aliphatic rings. The smallest absolute Gasteiger partial charge is 0.404 e. The van der Waals surface area contributed by atoms with Crippen LogP contribution in [0.15, 0.2) is 0 Å². The summed E-state index contributed by atoms with van der Waals surface area (Å²) in [7, 11) is 0. The predicted octanol–water partition coefficient (Wildman–Crippen LogP) is 1.16. The average molecular weight is 191 g/mol. The lowest BCUT2D eigenvalue weighted by atomic mass is 10.1.